The molecule has 1 aromatic carbocycles. The van der Waals surface area contributed by atoms with Gasteiger partial charge in [0.15, 0.2) is 0 Å². The van der Waals surface area contributed by atoms with Crippen molar-refractivity contribution in [3.05, 3.63) is 51.8 Å². The topological polar surface area (TPSA) is 62.2 Å². The number of nitrogens with zero attached hydrogens (tertiary/aromatic N) is 1. The van der Waals surface area contributed by atoms with Crippen molar-refractivity contribution in [1.29, 1.82) is 0 Å². The molecular formula is C15H14Cl2N2O2. The summed E-state index contributed by atoms with van der Waals surface area (Å²) in [7, 11) is 0. The number of rotatable bonds is 4. The summed E-state index contributed by atoms with van der Waals surface area (Å²) in [6, 6.07) is 7.68. The molecular weight excluding hydrogens is 311 g/mol. The molecule has 1 heterocycles. The van der Waals surface area contributed by atoms with Gasteiger partial charge < -0.3 is 10.4 Å². The number of hydrogen-bond acceptors (Lipinski definition) is 3. The lowest BCUT2D eigenvalue weighted by Crippen LogP contribution is -2.12. The molecule has 2 N–H and O–H groups in total. The lowest BCUT2D eigenvalue weighted by molar-refractivity contribution is 0.102. The standard InChI is InChI=1S/C15H14Cl2N2O2/c1-2-3-10-6-9(7-14(17)18-10)15(21)19-11-4-5-13(20)12(16)8-11/h4-8,20H,2-3H2,1H3,(H,19,21). The third kappa shape index (κ3) is 4.09. The number of carbonyl (C=O) groups excluding carboxylic acids is 1. The summed E-state index contributed by atoms with van der Waals surface area (Å²) in [6.45, 7) is 2.03. The SMILES string of the molecule is CCCc1cc(C(=O)Nc2ccc(O)c(Cl)c2)cc(Cl)n1. The predicted octanol–water partition coefficient (Wildman–Crippen LogP) is 4.30. The van der Waals surface area contributed by atoms with Gasteiger partial charge in [0, 0.05) is 16.9 Å². The first-order chi connectivity index (χ1) is 9.99. The van der Waals surface area contributed by atoms with Gasteiger partial charge in [-0.1, -0.05) is 36.5 Å². The molecule has 6 heteroatoms. The predicted molar refractivity (Wildman–Crippen MR) is 84.3 cm³/mol. The van der Waals surface area contributed by atoms with E-state index in [0.29, 0.717) is 11.3 Å². The Labute approximate surface area is 132 Å². The molecule has 1 aromatic heterocycles. The van der Waals surface area contributed by atoms with Crippen LogP contribution in [0.5, 0.6) is 5.75 Å². The van der Waals surface area contributed by atoms with Gasteiger partial charge in [0.2, 0.25) is 0 Å². The van der Waals surface area contributed by atoms with Crippen molar-refractivity contribution >= 4 is 34.8 Å². The molecule has 0 spiro atoms. The highest BCUT2D eigenvalue weighted by molar-refractivity contribution is 6.32. The van der Waals surface area contributed by atoms with Crippen LogP contribution < -0.4 is 5.32 Å². The van der Waals surface area contributed by atoms with Crippen molar-refractivity contribution in [2.75, 3.05) is 5.32 Å². The Morgan fingerprint density at radius 1 is 1.29 bits per heavy atom. The van der Waals surface area contributed by atoms with Gasteiger partial charge in [0.05, 0.1) is 5.02 Å². The maximum absolute atomic E-state index is 12.2. The van der Waals surface area contributed by atoms with E-state index in [1.165, 1.54) is 18.2 Å². The summed E-state index contributed by atoms with van der Waals surface area (Å²) in [6.07, 6.45) is 1.67. The van der Waals surface area contributed by atoms with Gasteiger partial charge in [-0.05, 0) is 36.8 Å². The molecule has 0 radical (unpaired) electrons. The first-order valence-corrected chi connectivity index (χ1v) is 7.21. The fourth-order valence-corrected chi connectivity index (χ4v) is 2.26. The van der Waals surface area contributed by atoms with Crippen molar-refractivity contribution in [2.45, 2.75) is 19.8 Å². The van der Waals surface area contributed by atoms with E-state index in [1.54, 1.807) is 12.1 Å². The third-order valence-corrected chi connectivity index (χ3v) is 3.32. The highest BCUT2D eigenvalue weighted by atomic mass is 35.5. The molecule has 0 aliphatic heterocycles. The van der Waals surface area contributed by atoms with Crippen LogP contribution in [0, 0.1) is 0 Å². The van der Waals surface area contributed by atoms with Gasteiger partial charge in [-0.15, -0.1) is 0 Å². The molecule has 0 atom stereocenters. The van der Waals surface area contributed by atoms with E-state index in [0.717, 1.165) is 18.5 Å². The lowest BCUT2D eigenvalue weighted by Gasteiger charge is -2.08. The normalized spacial score (nSPS) is 10.4. The average Bonchev–Trinajstić information content (AvgIpc) is 2.42. The van der Waals surface area contributed by atoms with E-state index >= 15 is 0 Å². The zero-order chi connectivity index (χ0) is 15.4. The number of phenolic OH excluding ortho intramolecular Hbond substituents is 1. The number of anilines is 1. The van der Waals surface area contributed by atoms with E-state index in [9.17, 15) is 9.90 Å². The minimum Gasteiger partial charge on any atom is -0.506 e. The molecule has 4 nitrogen and oxygen atoms in total. The van der Waals surface area contributed by atoms with Crippen molar-refractivity contribution < 1.29 is 9.90 Å². The Hall–Kier alpha value is -1.78. The largest absolute Gasteiger partial charge is 0.506 e. The van der Waals surface area contributed by atoms with E-state index in [1.807, 2.05) is 6.92 Å². The molecule has 2 aromatic rings. The van der Waals surface area contributed by atoms with Crippen LogP contribution in [0.1, 0.15) is 29.4 Å². The fraction of sp³-hybridized carbons (Fsp3) is 0.200. The van der Waals surface area contributed by atoms with E-state index in [-0.39, 0.29) is 21.8 Å². The van der Waals surface area contributed by atoms with Crippen molar-refractivity contribution in [2.24, 2.45) is 0 Å². The van der Waals surface area contributed by atoms with Gasteiger partial charge in [0.25, 0.3) is 5.91 Å². The second-order valence-electron chi connectivity index (χ2n) is 4.54. The maximum Gasteiger partial charge on any atom is 0.255 e. The molecule has 21 heavy (non-hydrogen) atoms. The average molecular weight is 325 g/mol. The Bertz CT molecular complexity index is 675. The summed E-state index contributed by atoms with van der Waals surface area (Å²) in [4.78, 5) is 16.4. The van der Waals surface area contributed by atoms with Crippen LogP contribution in [0.25, 0.3) is 0 Å². The highest BCUT2D eigenvalue weighted by Crippen LogP contribution is 2.26. The van der Waals surface area contributed by atoms with Crippen molar-refractivity contribution in [3.8, 4) is 5.75 Å². The van der Waals surface area contributed by atoms with Crippen LogP contribution in [0.15, 0.2) is 30.3 Å². The van der Waals surface area contributed by atoms with Gasteiger partial charge in [-0.25, -0.2) is 4.98 Å². The first-order valence-electron chi connectivity index (χ1n) is 6.46. The van der Waals surface area contributed by atoms with Gasteiger partial charge in [-0.3, -0.25) is 4.79 Å². The van der Waals surface area contributed by atoms with Gasteiger partial charge in [0.1, 0.15) is 10.9 Å². The highest BCUT2D eigenvalue weighted by Gasteiger charge is 2.10. The Morgan fingerprint density at radius 2 is 2.05 bits per heavy atom. The molecule has 0 saturated heterocycles. The lowest BCUT2D eigenvalue weighted by atomic mass is 10.1. The Morgan fingerprint density at radius 3 is 2.71 bits per heavy atom. The molecule has 0 bridgehead atoms. The number of pyridine rings is 1. The van der Waals surface area contributed by atoms with Gasteiger partial charge >= 0.3 is 0 Å². The molecule has 2 rings (SSSR count). The number of aromatic hydroxyl groups is 1. The first kappa shape index (κ1) is 15.6. The van der Waals surface area contributed by atoms with E-state index in [4.69, 9.17) is 23.2 Å². The van der Waals surface area contributed by atoms with Crippen LogP contribution in [0.2, 0.25) is 10.2 Å². The van der Waals surface area contributed by atoms with Crippen LogP contribution >= 0.6 is 23.2 Å². The molecule has 1 amide bonds. The number of nitrogens with one attached hydrogen (secondary N) is 1. The van der Waals surface area contributed by atoms with Crippen molar-refractivity contribution in [3.63, 3.8) is 0 Å². The molecule has 110 valence electrons. The number of hydrogen-bond donors (Lipinski definition) is 2. The Balaban J connectivity index is 2.21. The molecule has 0 aliphatic rings. The van der Waals surface area contributed by atoms with E-state index in [2.05, 4.69) is 10.3 Å². The monoisotopic (exact) mass is 324 g/mol. The third-order valence-electron chi connectivity index (χ3n) is 2.82. The van der Waals surface area contributed by atoms with Crippen LogP contribution in [0.4, 0.5) is 5.69 Å². The quantitative estimate of drug-likeness (QED) is 0.651. The second kappa shape index (κ2) is 6.78. The number of benzene rings is 1. The molecule has 0 unspecified atom stereocenters. The number of aryl methyl sites for hydroxylation is 1. The summed E-state index contributed by atoms with van der Waals surface area (Å²) in [5, 5.41) is 12.5. The maximum atomic E-state index is 12.2. The number of halogens is 2. The number of amides is 1. The smallest absolute Gasteiger partial charge is 0.255 e. The number of phenols is 1. The summed E-state index contributed by atoms with van der Waals surface area (Å²) >= 11 is 11.7. The minimum atomic E-state index is -0.307. The molecule has 0 saturated carbocycles. The second-order valence-corrected chi connectivity index (χ2v) is 5.33. The summed E-state index contributed by atoms with van der Waals surface area (Å²) < 4.78 is 0. The summed E-state index contributed by atoms with van der Waals surface area (Å²) in [5.41, 5.74) is 1.70. The Kier molecular flexibility index (Phi) is 5.04. The summed E-state index contributed by atoms with van der Waals surface area (Å²) in [5.74, 6) is -0.342. The minimum absolute atomic E-state index is 0.0353. The zero-order valence-electron chi connectivity index (χ0n) is 11.4. The fourth-order valence-electron chi connectivity index (χ4n) is 1.85. The zero-order valence-corrected chi connectivity index (χ0v) is 12.9. The van der Waals surface area contributed by atoms with Gasteiger partial charge in [-0.2, -0.15) is 0 Å². The van der Waals surface area contributed by atoms with Crippen LogP contribution in [-0.4, -0.2) is 16.0 Å². The van der Waals surface area contributed by atoms with Crippen LogP contribution in [0.3, 0.4) is 0 Å². The van der Waals surface area contributed by atoms with Crippen molar-refractivity contribution in [1.82, 2.24) is 4.98 Å². The van der Waals surface area contributed by atoms with Crippen LogP contribution in [-0.2, 0) is 6.42 Å². The van der Waals surface area contributed by atoms with E-state index < -0.39 is 0 Å². The molecule has 0 fully saturated rings. The number of aromatic nitrogens is 1. The molecule has 0 aliphatic carbocycles. The number of carbonyl (C=O) groups is 1.